The number of rotatable bonds is 3. The molecule has 11 heteroatoms. The van der Waals surface area contributed by atoms with Crippen molar-refractivity contribution in [1.82, 2.24) is 15.2 Å². The zero-order chi connectivity index (χ0) is 17.3. The number of pyridine rings is 1. The molecular weight excluding hydrogens is 371 g/mol. The molecule has 3 N–H and O–H groups in total. The van der Waals surface area contributed by atoms with E-state index in [-0.39, 0.29) is 33.1 Å². The van der Waals surface area contributed by atoms with Crippen molar-refractivity contribution in [1.29, 1.82) is 0 Å². The largest absolute Gasteiger partial charge is 0.448 e. The number of aromatic nitrogens is 1. The zero-order valence-electron chi connectivity index (χ0n) is 11.7. The third-order valence-electron chi connectivity index (χ3n) is 3.02. The number of carbonyl (C=O) groups excluding carboxylic acids is 3. The molecule has 0 aromatic carbocycles. The fourth-order valence-electron chi connectivity index (χ4n) is 1.83. The van der Waals surface area contributed by atoms with Crippen molar-refractivity contribution >= 4 is 58.4 Å². The second-order valence-electron chi connectivity index (χ2n) is 4.56. The maximum Gasteiger partial charge on any atom is 0.359 e. The molecule has 1 aliphatic rings. The Morgan fingerprint density at radius 1 is 1.35 bits per heavy atom. The first-order valence-electron chi connectivity index (χ1n) is 6.34. The van der Waals surface area contributed by atoms with E-state index < -0.39 is 24.0 Å². The van der Waals surface area contributed by atoms with Gasteiger partial charge in [0.15, 0.2) is 17.0 Å². The molecule has 0 bridgehead atoms. The first-order chi connectivity index (χ1) is 10.7. The molecule has 0 aliphatic carbocycles. The second-order valence-corrected chi connectivity index (χ2v) is 5.68. The van der Waals surface area contributed by atoms with Crippen molar-refractivity contribution in [2.24, 2.45) is 0 Å². The van der Waals surface area contributed by atoms with E-state index in [0.29, 0.717) is 6.54 Å². The predicted molar refractivity (Wildman–Crippen MR) is 83.7 cm³/mol. The van der Waals surface area contributed by atoms with Gasteiger partial charge in [0.25, 0.3) is 5.91 Å². The van der Waals surface area contributed by atoms with Gasteiger partial charge in [0, 0.05) is 13.1 Å². The van der Waals surface area contributed by atoms with E-state index in [4.69, 9.17) is 45.3 Å². The van der Waals surface area contributed by atoms with Crippen LogP contribution in [0, 0.1) is 0 Å². The predicted octanol–water partition coefficient (Wildman–Crippen LogP) is 1.72. The molecule has 23 heavy (non-hydrogen) atoms. The minimum absolute atomic E-state index is 0.0916. The van der Waals surface area contributed by atoms with E-state index in [1.165, 1.54) is 6.92 Å². The summed E-state index contributed by atoms with van der Waals surface area (Å²) < 4.78 is 4.98. The number of imide groups is 1. The average Bonchev–Trinajstić information content (AvgIpc) is 2.93. The molecule has 3 amide bonds. The van der Waals surface area contributed by atoms with Crippen LogP contribution >= 0.6 is 34.8 Å². The first-order valence-corrected chi connectivity index (χ1v) is 7.47. The maximum absolute atomic E-state index is 12.1. The summed E-state index contributed by atoms with van der Waals surface area (Å²) in [4.78, 5) is 40.2. The number of amides is 3. The molecule has 8 nitrogen and oxygen atoms in total. The van der Waals surface area contributed by atoms with Crippen LogP contribution < -0.4 is 11.1 Å². The number of halogens is 3. The van der Waals surface area contributed by atoms with Gasteiger partial charge < -0.3 is 15.8 Å². The molecular formula is C12H11Cl3N4O4. The topological polar surface area (TPSA) is 115 Å². The Morgan fingerprint density at radius 3 is 2.57 bits per heavy atom. The average molecular weight is 382 g/mol. The Hall–Kier alpha value is -1.77. The van der Waals surface area contributed by atoms with Crippen molar-refractivity contribution in [3.63, 3.8) is 0 Å². The van der Waals surface area contributed by atoms with Crippen molar-refractivity contribution in [2.45, 2.75) is 13.0 Å². The highest BCUT2D eigenvalue weighted by molar-refractivity contribution is 6.46. The maximum atomic E-state index is 12.1. The number of nitrogen functional groups attached to an aromatic ring is 1. The van der Waals surface area contributed by atoms with Gasteiger partial charge in [0.2, 0.25) is 0 Å². The third kappa shape index (κ3) is 3.44. The number of hydrogen-bond acceptors (Lipinski definition) is 6. The van der Waals surface area contributed by atoms with Gasteiger partial charge in [-0.15, -0.1) is 0 Å². The summed E-state index contributed by atoms with van der Waals surface area (Å²) in [5, 5.41) is 1.92. The Balaban J connectivity index is 2.16. The summed E-state index contributed by atoms with van der Waals surface area (Å²) in [6.45, 7) is 1.85. The van der Waals surface area contributed by atoms with Crippen LogP contribution in [-0.4, -0.2) is 47.0 Å². The molecule has 1 aromatic heterocycles. The van der Waals surface area contributed by atoms with Crippen LogP contribution in [-0.2, 0) is 9.53 Å². The van der Waals surface area contributed by atoms with Gasteiger partial charge in [-0.3, -0.25) is 9.69 Å². The van der Waals surface area contributed by atoms with E-state index in [0.717, 1.165) is 4.90 Å². The molecule has 2 rings (SSSR count). The highest BCUT2D eigenvalue weighted by Crippen LogP contribution is 2.34. The van der Waals surface area contributed by atoms with Crippen LogP contribution in [0.5, 0.6) is 0 Å². The van der Waals surface area contributed by atoms with E-state index >= 15 is 0 Å². The van der Waals surface area contributed by atoms with Gasteiger partial charge in [-0.1, -0.05) is 34.8 Å². The number of ether oxygens (including phenoxy) is 1. The van der Waals surface area contributed by atoms with Gasteiger partial charge in [-0.25, -0.2) is 14.6 Å². The summed E-state index contributed by atoms with van der Waals surface area (Å²) in [6.07, 6.45) is -1.22. The summed E-state index contributed by atoms with van der Waals surface area (Å²) >= 11 is 17.4. The van der Waals surface area contributed by atoms with Crippen molar-refractivity contribution in [2.75, 3.05) is 18.8 Å². The quantitative estimate of drug-likeness (QED) is 0.608. The molecule has 124 valence electrons. The fourth-order valence-corrected chi connectivity index (χ4v) is 2.42. The van der Waals surface area contributed by atoms with Crippen molar-refractivity contribution < 1.29 is 19.1 Å². The van der Waals surface area contributed by atoms with Crippen molar-refractivity contribution in [3.8, 4) is 0 Å². The molecule has 0 unspecified atom stereocenters. The summed E-state index contributed by atoms with van der Waals surface area (Å²) in [5.74, 6) is -1.68. The number of hydrogen-bond donors (Lipinski definition) is 2. The molecule has 2 heterocycles. The summed E-state index contributed by atoms with van der Waals surface area (Å²) in [6, 6.07) is -0.548. The van der Waals surface area contributed by atoms with Crippen LogP contribution in [0.1, 0.15) is 17.4 Å². The Labute approximate surface area is 145 Å². The molecule has 0 spiro atoms. The van der Waals surface area contributed by atoms with Gasteiger partial charge in [-0.05, 0) is 6.92 Å². The van der Waals surface area contributed by atoms with Crippen LogP contribution in [0.4, 0.5) is 10.5 Å². The van der Waals surface area contributed by atoms with E-state index in [1.807, 2.05) is 0 Å². The van der Waals surface area contributed by atoms with E-state index in [2.05, 4.69) is 10.3 Å². The van der Waals surface area contributed by atoms with Gasteiger partial charge in [0.1, 0.15) is 5.02 Å². The molecule has 1 fully saturated rings. The van der Waals surface area contributed by atoms with Gasteiger partial charge >= 0.3 is 12.0 Å². The van der Waals surface area contributed by atoms with Crippen LogP contribution in [0.25, 0.3) is 0 Å². The Morgan fingerprint density at radius 2 is 2.00 bits per heavy atom. The SMILES string of the molecule is C[C@@H](OC(=O)c1nc(Cl)c(Cl)c(N)c1Cl)C(=O)N1CCNC1=O. The van der Waals surface area contributed by atoms with E-state index in [1.54, 1.807) is 0 Å². The lowest BCUT2D eigenvalue weighted by Crippen LogP contribution is -2.41. The summed E-state index contributed by atoms with van der Waals surface area (Å²) in [7, 11) is 0. The second kappa shape index (κ2) is 6.77. The minimum atomic E-state index is -1.22. The van der Waals surface area contributed by atoms with Gasteiger partial charge in [-0.2, -0.15) is 0 Å². The van der Waals surface area contributed by atoms with Crippen LogP contribution in [0.15, 0.2) is 0 Å². The van der Waals surface area contributed by atoms with Crippen molar-refractivity contribution in [3.05, 3.63) is 20.9 Å². The Kier molecular flexibility index (Phi) is 5.18. The molecule has 1 aromatic rings. The normalized spacial score (nSPS) is 15.3. The van der Waals surface area contributed by atoms with Crippen LogP contribution in [0.2, 0.25) is 15.2 Å². The highest BCUT2D eigenvalue weighted by atomic mass is 35.5. The van der Waals surface area contributed by atoms with E-state index in [9.17, 15) is 14.4 Å². The minimum Gasteiger partial charge on any atom is -0.448 e. The number of esters is 1. The fraction of sp³-hybridized carbons (Fsp3) is 0.333. The number of carbonyl (C=O) groups is 3. The highest BCUT2D eigenvalue weighted by Gasteiger charge is 2.32. The lowest BCUT2D eigenvalue weighted by molar-refractivity contribution is -0.136. The number of nitrogens with two attached hydrogens (primary N) is 1. The zero-order valence-corrected chi connectivity index (χ0v) is 14.0. The first kappa shape index (κ1) is 17.6. The lowest BCUT2D eigenvalue weighted by Gasteiger charge is -2.18. The number of anilines is 1. The van der Waals surface area contributed by atoms with Gasteiger partial charge in [0.05, 0.1) is 10.7 Å². The Bertz CT molecular complexity index is 697. The molecule has 0 radical (unpaired) electrons. The standard InChI is InChI=1S/C12H11Cl3N4O4/c1-4(10(20)19-3-2-17-12(19)22)23-11(21)8-5(13)7(16)6(14)9(15)18-8/h4H,2-3H2,1H3,(H2,16,18)(H,17,22)/t4-/m1/s1. The third-order valence-corrected chi connectivity index (χ3v) is 4.16. The monoisotopic (exact) mass is 380 g/mol. The molecule has 0 saturated carbocycles. The summed E-state index contributed by atoms with van der Waals surface area (Å²) in [5.41, 5.74) is 5.11. The number of urea groups is 1. The molecule has 1 atom stereocenters. The lowest BCUT2D eigenvalue weighted by atomic mass is 10.3. The van der Waals surface area contributed by atoms with Crippen LogP contribution in [0.3, 0.4) is 0 Å². The number of nitrogens with zero attached hydrogens (tertiary/aromatic N) is 2. The smallest absolute Gasteiger partial charge is 0.359 e. The number of nitrogens with one attached hydrogen (secondary N) is 1. The molecule has 1 aliphatic heterocycles. The molecule has 1 saturated heterocycles.